The van der Waals surface area contributed by atoms with Crippen LogP contribution in [0.4, 0.5) is 0 Å². The maximum Gasteiger partial charge on any atom is 0.243 e. The van der Waals surface area contributed by atoms with E-state index in [9.17, 15) is 8.42 Å². The van der Waals surface area contributed by atoms with E-state index in [-0.39, 0.29) is 12.4 Å². The lowest BCUT2D eigenvalue weighted by Gasteiger charge is -2.24. The Bertz CT molecular complexity index is 623. The minimum absolute atomic E-state index is 0. The highest BCUT2D eigenvalue weighted by atomic mass is 79.9. The van der Waals surface area contributed by atoms with Gasteiger partial charge in [0, 0.05) is 29.6 Å². The van der Waals surface area contributed by atoms with Crippen LogP contribution in [-0.4, -0.2) is 37.9 Å². The maximum atomic E-state index is 12.9. The Morgan fingerprint density at radius 2 is 1.95 bits per heavy atom. The van der Waals surface area contributed by atoms with Gasteiger partial charge in [0.2, 0.25) is 10.0 Å². The first-order chi connectivity index (χ1) is 9.46. The second kappa shape index (κ2) is 6.54. The molecule has 0 aliphatic carbocycles. The molecule has 2 aliphatic rings. The molecular weight excluding hydrogens is 376 g/mol. The highest BCUT2D eigenvalue weighted by molar-refractivity contribution is 9.10. The molecule has 2 bridgehead atoms. The summed E-state index contributed by atoms with van der Waals surface area (Å²) in [7, 11) is -3.40. The summed E-state index contributed by atoms with van der Waals surface area (Å²) in [5, 5.41) is 3.52. The molecule has 118 valence electrons. The Kier molecular flexibility index (Phi) is 5.36. The van der Waals surface area contributed by atoms with Gasteiger partial charge >= 0.3 is 0 Å². The van der Waals surface area contributed by atoms with Gasteiger partial charge < -0.3 is 5.32 Å². The van der Waals surface area contributed by atoms with Crippen LogP contribution in [0.15, 0.2) is 27.6 Å². The molecule has 1 aromatic carbocycles. The molecule has 2 unspecified atom stereocenters. The Morgan fingerprint density at radius 3 is 2.71 bits per heavy atom. The number of nitrogens with one attached hydrogen (secondary N) is 1. The van der Waals surface area contributed by atoms with Crippen LogP contribution in [0.25, 0.3) is 0 Å². The molecule has 2 saturated heterocycles. The highest BCUT2D eigenvalue weighted by Crippen LogP contribution is 2.28. The van der Waals surface area contributed by atoms with Gasteiger partial charge in [-0.15, -0.1) is 12.4 Å². The zero-order chi connectivity index (χ0) is 14.3. The number of benzene rings is 1. The topological polar surface area (TPSA) is 49.4 Å². The van der Waals surface area contributed by atoms with Crippen LogP contribution in [0.3, 0.4) is 0 Å². The molecule has 1 N–H and O–H groups in total. The molecule has 0 amide bonds. The number of hydrogen-bond acceptors (Lipinski definition) is 3. The Balaban J connectivity index is 0.00000161. The fourth-order valence-electron chi connectivity index (χ4n) is 3.12. The summed E-state index contributed by atoms with van der Waals surface area (Å²) in [6.45, 7) is 3.05. The summed E-state index contributed by atoms with van der Waals surface area (Å²) < 4.78 is 28.2. The van der Waals surface area contributed by atoms with Crippen molar-refractivity contribution in [3.8, 4) is 0 Å². The van der Waals surface area contributed by atoms with Gasteiger partial charge in [-0.05, 0) is 43.9 Å². The number of rotatable bonds is 2. The quantitative estimate of drug-likeness (QED) is 0.837. The molecule has 3 rings (SSSR count). The van der Waals surface area contributed by atoms with E-state index in [0.717, 1.165) is 22.9 Å². The van der Waals surface area contributed by atoms with Crippen molar-refractivity contribution in [1.29, 1.82) is 0 Å². The lowest BCUT2D eigenvalue weighted by Crippen LogP contribution is -2.39. The summed E-state index contributed by atoms with van der Waals surface area (Å²) in [5.41, 5.74) is 0.801. The first-order valence-corrected chi connectivity index (χ1v) is 9.22. The van der Waals surface area contributed by atoms with E-state index in [0.29, 0.717) is 30.1 Å². The third-order valence-corrected chi connectivity index (χ3v) is 6.75. The van der Waals surface area contributed by atoms with Crippen molar-refractivity contribution >= 4 is 38.4 Å². The predicted octanol–water partition coefficient (Wildman–Crippen LogP) is 2.69. The third kappa shape index (κ3) is 3.45. The number of aryl methyl sites for hydroxylation is 1. The average Bonchev–Trinajstić information content (AvgIpc) is 2.71. The fourth-order valence-corrected chi connectivity index (χ4v) is 5.38. The van der Waals surface area contributed by atoms with Crippen molar-refractivity contribution in [3.63, 3.8) is 0 Å². The molecule has 21 heavy (non-hydrogen) atoms. The molecule has 0 radical (unpaired) electrons. The third-order valence-electron chi connectivity index (χ3n) is 4.25. The van der Waals surface area contributed by atoms with Crippen LogP contribution in [0.5, 0.6) is 0 Å². The van der Waals surface area contributed by atoms with Crippen molar-refractivity contribution < 1.29 is 8.42 Å². The van der Waals surface area contributed by atoms with Crippen LogP contribution < -0.4 is 5.32 Å². The molecule has 1 aromatic rings. The average molecular weight is 396 g/mol. The van der Waals surface area contributed by atoms with Crippen LogP contribution in [-0.2, 0) is 10.0 Å². The van der Waals surface area contributed by atoms with E-state index in [4.69, 9.17) is 0 Å². The second-order valence-corrected chi connectivity index (χ2v) is 8.52. The monoisotopic (exact) mass is 394 g/mol. The van der Waals surface area contributed by atoms with Crippen molar-refractivity contribution in [1.82, 2.24) is 9.62 Å². The van der Waals surface area contributed by atoms with Gasteiger partial charge in [0.15, 0.2) is 0 Å². The lowest BCUT2D eigenvalue weighted by atomic mass is 10.1. The first kappa shape index (κ1) is 17.2. The number of hydrogen-bond donors (Lipinski definition) is 1. The van der Waals surface area contributed by atoms with Gasteiger partial charge in [-0.25, -0.2) is 8.42 Å². The van der Waals surface area contributed by atoms with Crippen LogP contribution >= 0.6 is 28.3 Å². The normalized spacial score (nSPS) is 26.2. The van der Waals surface area contributed by atoms with Gasteiger partial charge in [-0.3, -0.25) is 0 Å². The maximum absolute atomic E-state index is 12.9. The standard InChI is InChI=1S/C14H19BrN2O2S.ClH/c1-10-2-3-11(15)8-14(10)20(18,19)17-7-6-12-4-5-13(9-17)16-12;/h2-3,8,12-13,16H,4-7,9H2,1H3;1H. The number of halogens is 2. The molecule has 4 nitrogen and oxygen atoms in total. The first-order valence-electron chi connectivity index (χ1n) is 6.99. The van der Waals surface area contributed by atoms with E-state index >= 15 is 0 Å². The van der Waals surface area contributed by atoms with Gasteiger partial charge in [-0.1, -0.05) is 22.0 Å². The highest BCUT2D eigenvalue weighted by Gasteiger charge is 2.35. The molecule has 0 spiro atoms. The minimum Gasteiger partial charge on any atom is -0.310 e. The molecule has 2 aliphatic heterocycles. The van der Waals surface area contributed by atoms with E-state index in [1.54, 1.807) is 10.4 Å². The van der Waals surface area contributed by atoms with Crippen LogP contribution in [0.1, 0.15) is 24.8 Å². The van der Waals surface area contributed by atoms with E-state index < -0.39 is 10.0 Å². The van der Waals surface area contributed by atoms with E-state index in [1.165, 1.54) is 6.42 Å². The molecule has 7 heteroatoms. The number of fused-ring (bicyclic) bond motifs is 2. The van der Waals surface area contributed by atoms with Gasteiger partial charge in [-0.2, -0.15) is 4.31 Å². The summed E-state index contributed by atoms with van der Waals surface area (Å²) in [6.07, 6.45) is 3.16. The van der Waals surface area contributed by atoms with Crippen molar-refractivity contribution in [3.05, 3.63) is 28.2 Å². The smallest absolute Gasteiger partial charge is 0.243 e. The molecule has 2 fully saturated rings. The lowest BCUT2D eigenvalue weighted by molar-refractivity contribution is 0.383. The predicted molar refractivity (Wildman–Crippen MR) is 89.4 cm³/mol. The minimum atomic E-state index is -3.40. The summed E-state index contributed by atoms with van der Waals surface area (Å²) >= 11 is 3.37. The van der Waals surface area contributed by atoms with E-state index in [1.807, 2.05) is 19.1 Å². The van der Waals surface area contributed by atoms with E-state index in [2.05, 4.69) is 21.2 Å². The summed E-state index contributed by atoms with van der Waals surface area (Å²) in [5.74, 6) is 0. The van der Waals surface area contributed by atoms with Crippen molar-refractivity contribution in [2.75, 3.05) is 13.1 Å². The largest absolute Gasteiger partial charge is 0.310 e. The molecule has 0 aromatic heterocycles. The zero-order valence-electron chi connectivity index (χ0n) is 11.9. The summed E-state index contributed by atoms with van der Waals surface area (Å²) in [6, 6.07) is 6.23. The van der Waals surface area contributed by atoms with Crippen molar-refractivity contribution in [2.45, 2.75) is 43.2 Å². The Morgan fingerprint density at radius 1 is 1.24 bits per heavy atom. The zero-order valence-corrected chi connectivity index (χ0v) is 15.1. The van der Waals surface area contributed by atoms with Crippen molar-refractivity contribution in [2.24, 2.45) is 0 Å². The summed E-state index contributed by atoms with van der Waals surface area (Å²) in [4.78, 5) is 0.421. The second-order valence-electron chi connectivity index (χ2n) is 5.70. The van der Waals surface area contributed by atoms with Crippen LogP contribution in [0.2, 0.25) is 0 Å². The Labute approximate surface area is 140 Å². The SMILES string of the molecule is Cc1ccc(Br)cc1S(=O)(=O)N1CCC2CCC(C1)N2.Cl. The van der Waals surface area contributed by atoms with Crippen LogP contribution in [0, 0.1) is 6.92 Å². The Hall–Kier alpha value is -0.140. The van der Waals surface area contributed by atoms with Gasteiger partial charge in [0.1, 0.15) is 0 Å². The molecule has 2 heterocycles. The van der Waals surface area contributed by atoms with Gasteiger partial charge in [0.25, 0.3) is 0 Å². The number of sulfonamides is 1. The number of nitrogens with zero attached hydrogens (tertiary/aromatic N) is 1. The molecule has 0 saturated carbocycles. The molecule has 2 atom stereocenters. The van der Waals surface area contributed by atoms with Gasteiger partial charge in [0.05, 0.1) is 4.90 Å². The fraction of sp³-hybridized carbons (Fsp3) is 0.571. The molecular formula is C14H20BrClN2O2S.